The summed E-state index contributed by atoms with van der Waals surface area (Å²) in [5.74, 6) is -0.158. The van der Waals surface area contributed by atoms with Gasteiger partial charge in [-0.15, -0.1) is 0 Å². The first kappa shape index (κ1) is 26.8. The van der Waals surface area contributed by atoms with Crippen molar-refractivity contribution in [1.29, 1.82) is 0 Å². The third-order valence-electron chi connectivity index (χ3n) is 6.26. The summed E-state index contributed by atoms with van der Waals surface area (Å²) in [4.78, 5) is 28.3. The molecule has 1 heterocycles. The van der Waals surface area contributed by atoms with Crippen LogP contribution in [0.3, 0.4) is 0 Å². The predicted molar refractivity (Wildman–Crippen MR) is 145 cm³/mol. The monoisotopic (exact) mass is 515 g/mol. The maximum absolute atomic E-state index is 13.4. The molecule has 3 aromatic carbocycles. The maximum atomic E-state index is 13.4. The zero-order valence-electron chi connectivity index (χ0n) is 22.6. The Kier molecular flexibility index (Phi) is 7.49. The van der Waals surface area contributed by atoms with E-state index in [-0.39, 0.29) is 23.5 Å². The van der Waals surface area contributed by atoms with Gasteiger partial charge < -0.3 is 24.2 Å². The zero-order chi connectivity index (χ0) is 27.6. The van der Waals surface area contributed by atoms with E-state index >= 15 is 0 Å². The van der Waals surface area contributed by atoms with E-state index in [1.54, 1.807) is 18.2 Å². The van der Waals surface area contributed by atoms with Crippen LogP contribution in [-0.4, -0.2) is 41.5 Å². The summed E-state index contributed by atoms with van der Waals surface area (Å²) in [5.41, 5.74) is 2.50. The highest BCUT2D eigenvalue weighted by Crippen LogP contribution is 2.42. The normalized spacial score (nSPS) is 17.0. The number of Topliss-reactive ketones (excluding diaryl/α,β-unsaturated/α-hetero) is 1. The Balaban J connectivity index is 1.80. The molecule has 1 aliphatic rings. The van der Waals surface area contributed by atoms with E-state index in [0.29, 0.717) is 22.8 Å². The highest BCUT2D eigenvalue weighted by atomic mass is 16.5. The van der Waals surface area contributed by atoms with Gasteiger partial charge in [-0.3, -0.25) is 9.59 Å². The fraction of sp³-hybridized carbons (Fsp3) is 0.290. The van der Waals surface area contributed by atoms with Crippen LogP contribution >= 0.6 is 0 Å². The van der Waals surface area contributed by atoms with Crippen molar-refractivity contribution in [2.45, 2.75) is 45.9 Å². The molecule has 0 bridgehead atoms. The molecule has 3 aromatic rings. The third-order valence-corrected chi connectivity index (χ3v) is 6.26. The number of nitrogens with zero attached hydrogens (tertiary/aromatic N) is 1. The molecule has 7 nitrogen and oxygen atoms in total. The molecule has 0 spiro atoms. The van der Waals surface area contributed by atoms with Crippen molar-refractivity contribution >= 4 is 17.4 Å². The van der Waals surface area contributed by atoms with Gasteiger partial charge in [-0.25, -0.2) is 0 Å². The summed E-state index contributed by atoms with van der Waals surface area (Å²) >= 11 is 0. The zero-order valence-corrected chi connectivity index (χ0v) is 22.6. The molecule has 0 radical (unpaired) electrons. The lowest BCUT2D eigenvalue weighted by molar-refractivity contribution is -0.140. The summed E-state index contributed by atoms with van der Waals surface area (Å²) in [6.07, 6.45) is 0. The number of hydrogen-bond acceptors (Lipinski definition) is 6. The minimum absolute atomic E-state index is 0.0109. The van der Waals surface area contributed by atoms with Gasteiger partial charge >= 0.3 is 0 Å². The van der Waals surface area contributed by atoms with Crippen LogP contribution in [0.1, 0.15) is 49.1 Å². The Morgan fingerprint density at radius 2 is 1.61 bits per heavy atom. The Morgan fingerprint density at radius 1 is 0.921 bits per heavy atom. The van der Waals surface area contributed by atoms with Gasteiger partial charge in [-0.1, -0.05) is 42.0 Å². The van der Waals surface area contributed by atoms with E-state index in [4.69, 9.17) is 14.2 Å². The molecule has 198 valence electrons. The number of rotatable bonds is 7. The van der Waals surface area contributed by atoms with Crippen LogP contribution < -0.4 is 14.2 Å². The molecule has 1 amide bonds. The van der Waals surface area contributed by atoms with Gasteiger partial charge in [0.2, 0.25) is 0 Å². The molecule has 0 aliphatic carbocycles. The smallest absolute Gasteiger partial charge is 0.295 e. The Hall–Kier alpha value is -4.26. The van der Waals surface area contributed by atoms with Gasteiger partial charge in [0.15, 0.2) is 0 Å². The molecule has 0 aromatic heterocycles. The fourth-order valence-electron chi connectivity index (χ4n) is 4.58. The molecule has 1 N–H and O–H groups in total. The average molecular weight is 516 g/mol. The number of ether oxygens (including phenoxy) is 3. The molecule has 1 aliphatic heterocycles. The number of hydrogen-bond donors (Lipinski definition) is 1. The number of ketones is 1. The minimum atomic E-state index is -0.785. The molecule has 7 heteroatoms. The van der Waals surface area contributed by atoms with Gasteiger partial charge in [-0.2, -0.15) is 0 Å². The molecule has 4 rings (SSSR count). The number of carbonyl (C=O) groups is 2. The number of aryl methyl sites for hydroxylation is 1. The number of benzene rings is 3. The van der Waals surface area contributed by atoms with Crippen molar-refractivity contribution in [1.82, 2.24) is 4.90 Å². The second-order valence-corrected chi connectivity index (χ2v) is 10.3. The van der Waals surface area contributed by atoms with Crippen LogP contribution in [0, 0.1) is 6.92 Å². The molecule has 1 saturated heterocycles. The lowest BCUT2D eigenvalue weighted by Crippen LogP contribution is -2.29. The topological polar surface area (TPSA) is 85.3 Å². The molecule has 1 fully saturated rings. The van der Waals surface area contributed by atoms with E-state index in [1.807, 2.05) is 76.2 Å². The molecule has 38 heavy (non-hydrogen) atoms. The van der Waals surface area contributed by atoms with Crippen molar-refractivity contribution in [2.24, 2.45) is 0 Å². The Bertz CT molecular complexity index is 1380. The summed E-state index contributed by atoms with van der Waals surface area (Å²) in [5, 5.41) is 11.5. The van der Waals surface area contributed by atoms with Crippen molar-refractivity contribution in [3.05, 3.63) is 94.6 Å². The van der Waals surface area contributed by atoms with E-state index in [9.17, 15) is 14.7 Å². The summed E-state index contributed by atoms with van der Waals surface area (Å²) in [6.45, 7) is 8.03. The number of carbonyl (C=O) groups excluding carboxylic acids is 2. The lowest BCUT2D eigenvalue weighted by atomic mass is 9.94. The van der Waals surface area contributed by atoms with E-state index in [1.165, 1.54) is 19.1 Å². The highest BCUT2D eigenvalue weighted by molar-refractivity contribution is 6.46. The van der Waals surface area contributed by atoms with Crippen LogP contribution in [0.15, 0.2) is 72.3 Å². The van der Waals surface area contributed by atoms with E-state index < -0.39 is 17.7 Å². The Morgan fingerprint density at radius 3 is 2.21 bits per heavy atom. The second-order valence-electron chi connectivity index (χ2n) is 10.3. The van der Waals surface area contributed by atoms with Crippen molar-refractivity contribution < 1.29 is 28.9 Å². The number of methoxy groups -OCH3 is 2. The van der Waals surface area contributed by atoms with Crippen molar-refractivity contribution in [3.8, 4) is 17.2 Å². The second kappa shape index (κ2) is 10.6. The van der Waals surface area contributed by atoms with Gasteiger partial charge in [0.1, 0.15) is 28.6 Å². The fourth-order valence-corrected chi connectivity index (χ4v) is 4.58. The standard InChI is InChI=1S/C31H33NO6/c1-19-8-7-9-21(16-19)27-26(28(33)24-15-14-23(36-5)17-25(24)37-6)29(34)30(35)32(27)18-20-10-12-22(13-11-20)38-31(2,3)4/h7-17,27,33H,18H2,1-6H3/b28-26-. The third kappa shape index (κ3) is 5.52. The number of likely N-dealkylation sites (tertiary alicyclic amines) is 1. The van der Waals surface area contributed by atoms with Gasteiger partial charge in [0, 0.05) is 12.6 Å². The summed E-state index contributed by atoms with van der Waals surface area (Å²) in [6, 6.07) is 19.1. The average Bonchev–Trinajstić information content (AvgIpc) is 3.13. The molecular weight excluding hydrogens is 482 g/mol. The lowest BCUT2D eigenvalue weighted by Gasteiger charge is -2.26. The van der Waals surface area contributed by atoms with Crippen LogP contribution in [0.2, 0.25) is 0 Å². The number of aliphatic hydroxyl groups excluding tert-OH is 1. The highest BCUT2D eigenvalue weighted by Gasteiger charge is 2.46. The van der Waals surface area contributed by atoms with E-state index in [2.05, 4.69) is 0 Å². The van der Waals surface area contributed by atoms with Crippen LogP contribution in [0.4, 0.5) is 0 Å². The largest absolute Gasteiger partial charge is 0.507 e. The quantitative estimate of drug-likeness (QED) is 0.243. The van der Waals surface area contributed by atoms with Crippen LogP contribution in [0.25, 0.3) is 5.76 Å². The van der Waals surface area contributed by atoms with Crippen molar-refractivity contribution in [2.75, 3.05) is 14.2 Å². The Labute approximate surface area is 223 Å². The first-order chi connectivity index (χ1) is 18.0. The maximum Gasteiger partial charge on any atom is 0.295 e. The molecule has 1 unspecified atom stereocenters. The van der Waals surface area contributed by atoms with Crippen LogP contribution in [0.5, 0.6) is 17.2 Å². The van der Waals surface area contributed by atoms with Gasteiger partial charge in [-0.05, 0) is 63.1 Å². The van der Waals surface area contributed by atoms with E-state index in [0.717, 1.165) is 16.7 Å². The summed E-state index contributed by atoms with van der Waals surface area (Å²) < 4.78 is 16.6. The first-order valence-electron chi connectivity index (χ1n) is 12.4. The first-order valence-corrected chi connectivity index (χ1v) is 12.4. The van der Waals surface area contributed by atoms with Crippen molar-refractivity contribution in [3.63, 3.8) is 0 Å². The predicted octanol–water partition coefficient (Wildman–Crippen LogP) is 5.81. The minimum Gasteiger partial charge on any atom is -0.507 e. The number of amides is 1. The van der Waals surface area contributed by atoms with Gasteiger partial charge in [0.25, 0.3) is 11.7 Å². The SMILES string of the molecule is COc1ccc(/C(O)=C2/C(=O)C(=O)N(Cc3ccc(OC(C)(C)C)cc3)C2c2cccc(C)c2)c(OC)c1. The van der Waals surface area contributed by atoms with Crippen LogP contribution in [-0.2, 0) is 16.1 Å². The molecule has 1 atom stereocenters. The number of aliphatic hydroxyl groups is 1. The molecular formula is C31H33NO6. The molecule has 0 saturated carbocycles. The summed E-state index contributed by atoms with van der Waals surface area (Å²) in [7, 11) is 2.99. The van der Waals surface area contributed by atoms with Gasteiger partial charge in [0.05, 0.1) is 31.4 Å².